The quantitative estimate of drug-likeness (QED) is 0.764. The molecule has 2 amide bonds. The molecule has 25 heavy (non-hydrogen) atoms. The molecule has 1 aromatic carbocycles. The van der Waals surface area contributed by atoms with Gasteiger partial charge in [0.05, 0.1) is 18.7 Å². The monoisotopic (exact) mass is 355 g/mol. The largest absolute Gasteiger partial charge is 0.459 e. The summed E-state index contributed by atoms with van der Waals surface area (Å²) in [6.07, 6.45) is 1.64. The lowest BCUT2D eigenvalue weighted by molar-refractivity contribution is -0.120. The molecule has 3 heterocycles. The number of amides is 2. The Morgan fingerprint density at radius 1 is 1.36 bits per heavy atom. The summed E-state index contributed by atoms with van der Waals surface area (Å²) in [5.74, 6) is 0.705. The molecule has 0 spiro atoms. The van der Waals surface area contributed by atoms with Crippen LogP contribution < -0.4 is 10.2 Å². The van der Waals surface area contributed by atoms with E-state index in [0.717, 1.165) is 23.2 Å². The van der Waals surface area contributed by atoms with Gasteiger partial charge in [-0.05, 0) is 18.6 Å². The predicted octanol–water partition coefficient (Wildman–Crippen LogP) is 2.88. The van der Waals surface area contributed by atoms with Crippen molar-refractivity contribution in [3.05, 3.63) is 47.2 Å². The van der Waals surface area contributed by atoms with Gasteiger partial charge in [0.2, 0.25) is 11.8 Å². The van der Waals surface area contributed by atoms with Crippen LogP contribution in [0.15, 0.2) is 40.1 Å². The first-order chi connectivity index (χ1) is 12.2. The van der Waals surface area contributed by atoms with Gasteiger partial charge in [-0.15, -0.1) is 11.3 Å². The highest BCUT2D eigenvalue weighted by Crippen LogP contribution is 2.25. The maximum Gasteiger partial charge on any atom is 0.228 e. The van der Waals surface area contributed by atoms with Crippen LogP contribution in [-0.2, 0) is 22.6 Å². The summed E-state index contributed by atoms with van der Waals surface area (Å²) in [5, 5.41) is 6.38. The SMILES string of the molecule is O=C(Cc1csc(N2CCCC2=O)n1)NCc1cc2ccccc2o1. The Morgan fingerprint density at radius 3 is 3.04 bits per heavy atom. The lowest BCUT2D eigenvalue weighted by Crippen LogP contribution is -2.25. The molecule has 1 aliphatic heterocycles. The summed E-state index contributed by atoms with van der Waals surface area (Å²) in [4.78, 5) is 30.0. The van der Waals surface area contributed by atoms with E-state index in [1.807, 2.05) is 35.7 Å². The number of rotatable bonds is 5. The molecule has 1 aliphatic rings. The van der Waals surface area contributed by atoms with E-state index in [0.29, 0.717) is 30.3 Å². The van der Waals surface area contributed by atoms with Crippen LogP contribution in [0.5, 0.6) is 0 Å². The number of benzene rings is 1. The zero-order valence-corrected chi connectivity index (χ0v) is 14.3. The number of furan rings is 1. The molecule has 0 atom stereocenters. The van der Waals surface area contributed by atoms with Gasteiger partial charge in [-0.25, -0.2) is 4.98 Å². The van der Waals surface area contributed by atoms with Crippen LogP contribution in [0.2, 0.25) is 0 Å². The second-order valence-electron chi connectivity index (χ2n) is 5.97. The first kappa shape index (κ1) is 15.8. The number of fused-ring (bicyclic) bond motifs is 1. The van der Waals surface area contributed by atoms with Crippen molar-refractivity contribution >= 4 is 39.3 Å². The molecule has 7 heteroatoms. The molecule has 1 saturated heterocycles. The smallest absolute Gasteiger partial charge is 0.228 e. The van der Waals surface area contributed by atoms with Crippen molar-refractivity contribution in [1.29, 1.82) is 0 Å². The second-order valence-corrected chi connectivity index (χ2v) is 6.81. The van der Waals surface area contributed by atoms with E-state index in [2.05, 4.69) is 10.3 Å². The number of carbonyl (C=O) groups excluding carboxylic acids is 2. The van der Waals surface area contributed by atoms with Gasteiger partial charge >= 0.3 is 0 Å². The van der Waals surface area contributed by atoms with E-state index >= 15 is 0 Å². The molecular weight excluding hydrogens is 338 g/mol. The van der Waals surface area contributed by atoms with Crippen LogP contribution in [0, 0.1) is 0 Å². The number of hydrogen-bond donors (Lipinski definition) is 1. The third kappa shape index (κ3) is 3.41. The minimum atomic E-state index is -0.120. The Hall–Kier alpha value is -2.67. The highest BCUT2D eigenvalue weighted by Gasteiger charge is 2.24. The number of nitrogens with zero attached hydrogens (tertiary/aromatic N) is 2. The van der Waals surface area contributed by atoms with Crippen LogP contribution in [0.25, 0.3) is 11.0 Å². The topological polar surface area (TPSA) is 75.4 Å². The van der Waals surface area contributed by atoms with Gasteiger partial charge in [-0.3, -0.25) is 14.5 Å². The van der Waals surface area contributed by atoms with E-state index in [1.54, 1.807) is 4.90 Å². The molecule has 6 nitrogen and oxygen atoms in total. The minimum absolute atomic E-state index is 0.107. The number of thiazole rings is 1. The normalized spacial score (nSPS) is 14.4. The van der Waals surface area contributed by atoms with Gasteiger partial charge in [-0.1, -0.05) is 18.2 Å². The second kappa shape index (κ2) is 6.68. The predicted molar refractivity (Wildman–Crippen MR) is 95.5 cm³/mol. The standard InChI is InChI=1S/C18H17N3O3S/c22-16(19-10-14-8-12-4-1-2-5-15(12)24-14)9-13-11-25-18(20-13)21-7-3-6-17(21)23/h1-2,4-5,8,11H,3,6-7,9-10H2,(H,19,22). The fourth-order valence-corrected chi connectivity index (χ4v) is 3.76. The van der Waals surface area contributed by atoms with Gasteiger partial charge in [0.25, 0.3) is 0 Å². The van der Waals surface area contributed by atoms with E-state index in [-0.39, 0.29) is 18.2 Å². The zero-order chi connectivity index (χ0) is 17.2. The molecule has 2 aromatic heterocycles. The van der Waals surface area contributed by atoms with E-state index in [9.17, 15) is 9.59 Å². The Balaban J connectivity index is 1.34. The average Bonchev–Trinajstić information content (AvgIpc) is 3.31. The molecule has 0 bridgehead atoms. The molecule has 0 unspecified atom stereocenters. The first-order valence-corrected chi connectivity index (χ1v) is 9.06. The summed E-state index contributed by atoms with van der Waals surface area (Å²) in [5.41, 5.74) is 1.49. The molecule has 0 saturated carbocycles. The van der Waals surface area contributed by atoms with Crippen molar-refractivity contribution in [2.45, 2.75) is 25.8 Å². The number of hydrogen-bond acceptors (Lipinski definition) is 5. The molecule has 128 valence electrons. The molecular formula is C18H17N3O3S. The van der Waals surface area contributed by atoms with Gasteiger partial charge < -0.3 is 9.73 Å². The molecule has 3 aromatic rings. The van der Waals surface area contributed by atoms with Gasteiger partial charge in [0.1, 0.15) is 11.3 Å². The van der Waals surface area contributed by atoms with E-state index in [1.165, 1.54) is 11.3 Å². The molecule has 1 N–H and O–H groups in total. The molecule has 0 radical (unpaired) electrons. The summed E-state index contributed by atoms with van der Waals surface area (Å²) in [7, 11) is 0. The minimum Gasteiger partial charge on any atom is -0.459 e. The third-order valence-electron chi connectivity index (χ3n) is 4.12. The fourth-order valence-electron chi connectivity index (χ4n) is 2.89. The van der Waals surface area contributed by atoms with E-state index in [4.69, 9.17) is 4.42 Å². The van der Waals surface area contributed by atoms with Crippen molar-refractivity contribution in [2.75, 3.05) is 11.4 Å². The fraction of sp³-hybridized carbons (Fsp3) is 0.278. The third-order valence-corrected chi connectivity index (χ3v) is 5.03. The summed E-state index contributed by atoms with van der Waals surface area (Å²) in [6, 6.07) is 9.66. The van der Waals surface area contributed by atoms with Crippen molar-refractivity contribution in [2.24, 2.45) is 0 Å². The van der Waals surface area contributed by atoms with Crippen LogP contribution in [0.4, 0.5) is 5.13 Å². The summed E-state index contributed by atoms with van der Waals surface area (Å²) in [6.45, 7) is 1.05. The summed E-state index contributed by atoms with van der Waals surface area (Å²) >= 11 is 1.41. The Bertz CT molecular complexity index is 897. The molecule has 0 aliphatic carbocycles. The lowest BCUT2D eigenvalue weighted by atomic mass is 10.2. The highest BCUT2D eigenvalue weighted by atomic mass is 32.1. The van der Waals surface area contributed by atoms with Crippen LogP contribution in [0.1, 0.15) is 24.3 Å². The van der Waals surface area contributed by atoms with Gasteiger partial charge in [0, 0.05) is 23.7 Å². The first-order valence-electron chi connectivity index (χ1n) is 8.18. The summed E-state index contributed by atoms with van der Waals surface area (Å²) < 4.78 is 5.68. The number of aromatic nitrogens is 1. The number of carbonyl (C=O) groups is 2. The van der Waals surface area contributed by atoms with Crippen molar-refractivity contribution in [3.63, 3.8) is 0 Å². The Morgan fingerprint density at radius 2 is 2.24 bits per heavy atom. The van der Waals surface area contributed by atoms with Crippen molar-refractivity contribution in [1.82, 2.24) is 10.3 Å². The number of nitrogens with one attached hydrogen (secondary N) is 1. The average molecular weight is 355 g/mol. The van der Waals surface area contributed by atoms with Crippen LogP contribution >= 0.6 is 11.3 Å². The van der Waals surface area contributed by atoms with Crippen molar-refractivity contribution < 1.29 is 14.0 Å². The Kier molecular flexibility index (Phi) is 4.23. The maximum atomic E-state index is 12.1. The van der Waals surface area contributed by atoms with Gasteiger partial charge in [-0.2, -0.15) is 0 Å². The maximum absolute atomic E-state index is 12.1. The van der Waals surface area contributed by atoms with E-state index < -0.39 is 0 Å². The Labute approximate surface area is 148 Å². The molecule has 4 rings (SSSR count). The van der Waals surface area contributed by atoms with Crippen molar-refractivity contribution in [3.8, 4) is 0 Å². The van der Waals surface area contributed by atoms with Gasteiger partial charge in [0.15, 0.2) is 5.13 Å². The van der Waals surface area contributed by atoms with Crippen LogP contribution in [0.3, 0.4) is 0 Å². The van der Waals surface area contributed by atoms with Crippen LogP contribution in [-0.4, -0.2) is 23.3 Å². The highest BCUT2D eigenvalue weighted by molar-refractivity contribution is 7.14. The number of para-hydroxylation sites is 1. The lowest BCUT2D eigenvalue weighted by Gasteiger charge is -2.10. The molecule has 1 fully saturated rings. The number of anilines is 1. The zero-order valence-electron chi connectivity index (χ0n) is 13.5.